The number of benzene rings is 1. The van der Waals surface area contributed by atoms with Gasteiger partial charge < -0.3 is 5.73 Å². The van der Waals surface area contributed by atoms with Crippen LogP contribution in [-0.4, -0.2) is 0 Å². The Balaban J connectivity index is 3.48. The molecule has 0 spiro atoms. The summed E-state index contributed by atoms with van der Waals surface area (Å²) in [6.07, 6.45) is 0. The molecular formula is C9H7N3. The monoisotopic (exact) mass is 157 g/mol. The highest BCUT2D eigenvalue weighted by Gasteiger charge is 2.03. The van der Waals surface area contributed by atoms with Crippen molar-refractivity contribution in [2.75, 3.05) is 5.73 Å². The van der Waals surface area contributed by atoms with Gasteiger partial charge in [-0.25, -0.2) is 0 Å². The Hall–Kier alpha value is -2.00. The van der Waals surface area contributed by atoms with E-state index in [4.69, 9.17) is 16.3 Å². The van der Waals surface area contributed by atoms with Crippen LogP contribution >= 0.6 is 0 Å². The molecule has 0 aliphatic heterocycles. The van der Waals surface area contributed by atoms with Crippen LogP contribution in [-0.2, 0) is 0 Å². The van der Waals surface area contributed by atoms with E-state index in [1.165, 1.54) is 0 Å². The van der Waals surface area contributed by atoms with E-state index >= 15 is 0 Å². The van der Waals surface area contributed by atoms with E-state index in [-0.39, 0.29) is 0 Å². The second kappa shape index (κ2) is 2.94. The van der Waals surface area contributed by atoms with Crippen LogP contribution in [0.25, 0.3) is 0 Å². The van der Waals surface area contributed by atoms with Crippen molar-refractivity contribution in [2.45, 2.75) is 6.92 Å². The van der Waals surface area contributed by atoms with E-state index in [0.717, 1.165) is 0 Å². The molecule has 1 aromatic rings. The first-order valence-corrected chi connectivity index (χ1v) is 3.39. The molecule has 0 bridgehead atoms. The predicted octanol–water partition coefficient (Wildman–Crippen LogP) is 1.32. The number of nitrogen functional groups attached to an aromatic ring is 1. The minimum absolute atomic E-state index is 0.453. The van der Waals surface area contributed by atoms with Crippen LogP contribution < -0.4 is 5.73 Å². The molecule has 0 aliphatic rings. The van der Waals surface area contributed by atoms with Crippen molar-refractivity contribution in [1.29, 1.82) is 10.5 Å². The minimum atomic E-state index is 0.453. The summed E-state index contributed by atoms with van der Waals surface area (Å²) in [6.45, 7) is 1.73. The lowest BCUT2D eigenvalue weighted by Crippen LogP contribution is -1.93. The summed E-state index contributed by atoms with van der Waals surface area (Å²) in [5, 5.41) is 17.3. The summed E-state index contributed by atoms with van der Waals surface area (Å²) in [7, 11) is 0. The number of nitrogens with zero attached hydrogens (tertiary/aromatic N) is 2. The molecule has 0 saturated carbocycles. The number of rotatable bonds is 0. The summed E-state index contributed by atoms with van der Waals surface area (Å²) in [5.74, 6) is 0. The third-order valence-electron chi connectivity index (χ3n) is 1.67. The SMILES string of the molecule is Cc1c(C#N)cc(N)cc1C#N. The van der Waals surface area contributed by atoms with Gasteiger partial charge in [-0.2, -0.15) is 10.5 Å². The molecular weight excluding hydrogens is 150 g/mol. The Morgan fingerprint density at radius 1 is 1.17 bits per heavy atom. The fraction of sp³-hybridized carbons (Fsp3) is 0.111. The predicted molar refractivity (Wildman–Crippen MR) is 45.0 cm³/mol. The Morgan fingerprint density at radius 2 is 1.58 bits per heavy atom. The highest BCUT2D eigenvalue weighted by Crippen LogP contribution is 2.16. The molecule has 2 N–H and O–H groups in total. The molecule has 0 fully saturated rings. The quantitative estimate of drug-likeness (QED) is 0.577. The van der Waals surface area contributed by atoms with Gasteiger partial charge in [0.1, 0.15) is 0 Å². The molecule has 1 aromatic carbocycles. The maximum absolute atomic E-state index is 8.65. The third kappa shape index (κ3) is 1.21. The Bertz CT molecular complexity index is 358. The van der Waals surface area contributed by atoms with Crippen molar-refractivity contribution in [3.63, 3.8) is 0 Å². The van der Waals surface area contributed by atoms with Gasteiger partial charge in [0.2, 0.25) is 0 Å². The van der Waals surface area contributed by atoms with Gasteiger partial charge >= 0.3 is 0 Å². The molecule has 0 radical (unpaired) electrons. The molecule has 58 valence electrons. The summed E-state index contributed by atoms with van der Waals surface area (Å²) in [5.41, 5.74) is 7.55. The molecule has 0 aromatic heterocycles. The number of nitriles is 2. The van der Waals surface area contributed by atoms with E-state index in [9.17, 15) is 0 Å². The van der Waals surface area contributed by atoms with Gasteiger partial charge in [0, 0.05) is 5.69 Å². The van der Waals surface area contributed by atoms with Crippen molar-refractivity contribution >= 4 is 5.69 Å². The van der Waals surface area contributed by atoms with Crippen LogP contribution in [0.2, 0.25) is 0 Å². The molecule has 0 atom stereocenters. The van der Waals surface area contributed by atoms with E-state index in [1.807, 2.05) is 12.1 Å². The van der Waals surface area contributed by atoms with Crippen LogP contribution in [0.15, 0.2) is 12.1 Å². The number of hydrogen-bond donors (Lipinski definition) is 1. The highest BCUT2D eigenvalue weighted by atomic mass is 14.5. The van der Waals surface area contributed by atoms with E-state index in [2.05, 4.69) is 0 Å². The molecule has 0 saturated heterocycles. The molecule has 0 unspecified atom stereocenters. The summed E-state index contributed by atoms with van der Waals surface area (Å²) in [6, 6.07) is 7.09. The average molecular weight is 157 g/mol. The smallest absolute Gasteiger partial charge is 0.0995 e. The number of anilines is 1. The van der Waals surface area contributed by atoms with Crippen LogP contribution in [0.1, 0.15) is 16.7 Å². The average Bonchev–Trinajstić information content (AvgIpc) is 2.08. The van der Waals surface area contributed by atoms with Crippen LogP contribution in [0.4, 0.5) is 5.69 Å². The lowest BCUT2D eigenvalue weighted by atomic mass is 10.0. The Kier molecular flexibility index (Phi) is 1.98. The Morgan fingerprint density at radius 3 is 1.92 bits per heavy atom. The molecule has 0 heterocycles. The van der Waals surface area contributed by atoms with Gasteiger partial charge in [0.25, 0.3) is 0 Å². The topological polar surface area (TPSA) is 73.6 Å². The fourth-order valence-electron chi connectivity index (χ4n) is 0.969. The fourth-order valence-corrected chi connectivity index (χ4v) is 0.969. The van der Waals surface area contributed by atoms with Crippen molar-refractivity contribution in [3.8, 4) is 12.1 Å². The zero-order chi connectivity index (χ0) is 9.14. The van der Waals surface area contributed by atoms with E-state index in [0.29, 0.717) is 22.4 Å². The maximum atomic E-state index is 8.65. The van der Waals surface area contributed by atoms with Gasteiger partial charge in [-0.1, -0.05) is 0 Å². The van der Waals surface area contributed by atoms with Crippen molar-refractivity contribution < 1.29 is 0 Å². The standard InChI is InChI=1S/C9H7N3/c1-6-7(4-10)2-9(12)3-8(6)5-11/h2-3H,12H2,1H3. The third-order valence-corrected chi connectivity index (χ3v) is 1.67. The second-order valence-electron chi connectivity index (χ2n) is 2.46. The van der Waals surface area contributed by atoms with Gasteiger partial charge in [0.15, 0.2) is 0 Å². The highest BCUT2D eigenvalue weighted by molar-refractivity contribution is 5.57. The summed E-state index contributed by atoms with van der Waals surface area (Å²) < 4.78 is 0. The largest absolute Gasteiger partial charge is 0.399 e. The maximum Gasteiger partial charge on any atom is 0.0995 e. The zero-order valence-corrected chi connectivity index (χ0v) is 6.63. The number of nitrogens with two attached hydrogens (primary N) is 1. The minimum Gasteiger partial charge on any atom is -0.399 e. The first-order valence-electron chi connectivity index (χ1n) is 3.39. The zero-order valence-electron chi connectivity index (χ0n) is 6.63. The summed E-state index contributed by atoms with van der Waals surface area (Å²) in [4.78, 5) is 0. The molecule has 3 heteroatoms. The van der Waals surface area contributed by atoms with Crippen LogP contribution in [0.3, 0.4) is 0 Å². The molecule has 12 heavy (non-hydrogen) atoms. The molecule has 3 nitrogen and oxygen atoms in total. The van der Waals surface area contributed by atoms with Gasteiger partial charge in [0.05, 0.1) is 23.3 Å². The summed E-state index contributed by atoms with van der Waals surface area (Å²) >= 11 is 0. The van der Waals surface area contributed by atoms with Gasteiger partial charge in [-0.3, -0.25) is 0 Å². The molecule has 1 rings (SSSR count). The normalized spacial score (nSPS) is 8.58. The van der Waals surface area contributed by atoms with E-state index in [1.54, 1.807) is 19.1 Å². The molecule has 0 amide bonds. The Labute approximate surface area is 70.7 Å². The van der Waals surface area contributed by atoms with Crippen molar-refractivity contribution in [1.82, 2.24) is 0 Å². The first-order chi connectivity index (χ1) is 5.69. The van der Waals surface area contributed by atoms with Crippen molar-refractivity contribution in [3.05, 3.63) is 28.8 Å². The first kappa shape index (κ1) is 8.10. The number of hydrogen-bond acceptors (Lipinski definition) is 3. The lowest BCUT2D eigenvalue weighted by molar-refractivity contribution is 1.35. The van der Waals surface area contributed by atoms with Crippen molar-refractivity contribution in [2.24, 2.45) is 0 Å². The molecule has 0 aliphatic carbocycles. The second-order valence-corrected chi connectivity index (χ2v) is 2.46. The van der Waals surface area contributed by atoms with Crippen LogP contribution in [0.5, 0.6) is 0 Å². The van der Waals surface area contributed by atoms with Gasteiger partial charge in [-0.05, 0) is 24.6 Å². The lowest BCUT2D eigenvalue weighted by Gasteiger charge is -2.00. The van der Waals surface area contributed by atoms with Gasteiger partial charge in [-0.15, -0.1) is 0 Å². The van der Waals surface area contributed by atoms with Crippen LogP contribution in [0, 0.1) is 29.6 Å². The van der Waals surface area contributed by atoms with E-state index < -0.39 is 0 Å².